The average Bonchev–Trinajstić information content (AvgIpc) is 2.97. The van der Waals surface area contributed by atoms with Crippen LogP contribution < -0.4 is 14.7 Å². The van der Waals surface area contributed by atoms with Gasteiger partial charge in [0.25, 0.3) is 5.91 Å². The summed E-state index contributed by atoms with van der Waals surface area (Å²) in [7, 11) is 0. The monoisotopic (exact) mass is 379 g/mol. The molecule has 0 saturated carbocycles. The minimum atomic E-state index is -0.229. The van der Waals surface area contributed by atoms with Crippen LogP contribution in [0, 0.1) is 13.8 Å². The van der Waals surface area contributed by atoms with Crippen LogP contribution in [0.4, 0.5) is 5.69 Å². The molecule has 0 unspecified atom stereocenters. The number of hydrogen-bond donors (Lipinski definition) is 2. The zero-order valence-corrected chi connectivity index (χ0v) is 16.7. The van der Waals surface area contributed by atoms with Crippen molar-refractivity contribution >= 4 is 17.5 Å². The second kappa shape index (κ2) is 7.86. The number of hydrogen-bond acceptors (Lipinski definition) is 2. The number of anilines is 1. The van der Waals surface area contributed by atoms with Crippen LogP contribution in [0.25, 0.3) is 0 Å². The average molecular weight is 380 g/mol. The summed E-state index contributed by atoms with van der Waals surface area (Å²) in [5, 5.41) is 0. The van der Waals surface area contributed by atoms with Crippen LogP contribution in [-0.4, -0.2) is 44.0 Å². The predicted octanol–water partition coefficient (Wildman–Crippen LogP) is -0.0811. The van der Waals surface area contributed by atoms with Crippen molar-refractivity contribution in [3.8, 4) is 0 Å². The van der Waals surface area contributed by atoms with E-state index in [9.17, 15) is 9.59 Å². The van der Waals surface area contributed by atoms with Gasteiger partial charge in [0.2, 0.25) is 5.91 Å². The third-order valence-electron chi connectivity index (χ3n) is 6.13. The Morgan fingerprint density at radius 2 is 1.71 bits per heavy atom. The number of benzene rings is 2. The van der Waals surface area contributed by atoms with Crippen LogP contribution >= 0.6 is 0 Å². The van der Waals surface area contributed by atoms with Crippen molar-refractivity contribution in [2.24, 2.45) is 0 Å². The van der Waals surface area contributed by atoms with E-state index < -0.39 is 0 Å². The highest BCUT2D eigenvalue weighted by Crippen LogP contribution is 2.25. The molecule has 2 aliphatic heterocycles. The molecule has 0 aromatic heterocycles. The third-order valence-corrected chi connectivity index (χ3v) is 6.13. The van der Waals surface area contributed by atoms with Crippen molar-refractivity contribution in [3.63, 3.8) is 0 Å². The SMILES string of the molecule is Cc1cccc(C[NH+]2CC[NH+]([C@@H]3CC(=O)N(c4ccccc4C)C3=O)CC2)c1. The predicted molar refractivity (Wildman–Crippen MR) is 108 cm³/mol. The summed E-state index contributed by atoms with van der Waals surface area (Å²) in [6, 6.07) is 16.1. The summed E-state index contributed by atoms with van der Waals surface area (Å²) in [6.45, 7) is 9.05. The van der Waals surface area contributed by atoms with Crippen molar-refractivity contribution in [3.05, 3.63) is 65.2 Å². The molecule has 0 aliphatic carbocycles. The lowest BCUT2D eigenvalue weighted by molar-refractivity contribution is -1.02. The Labute approximate surface area is 166 Å². The number of nitrogens with zero attached hydrogens (tertiary/aromatic N) is 1. The molecule has 0 spiro atoms. The van der Waals surface area contributed by atoms with Crippen LogP contribution in [0.15, 0.2) is 48.5 Å². The van der Waals surface area contributed by atoms with Gasteiger partial charge in [-0.2, -0.15) is 0 Å². The number of carbonyl (C=O) groups excluding carboxylic acids is 2. The minimum absolute atomic E-state index is 0.0311. The Balaban J connectivity index is 1.39. The van der Waals surface area contributed by atoms with Gasteiger partial charge in [-0.15, -0.1) is 0 Å². The summed E-state index contributed by atoms with van der Waals surface area (Å²) in [5.41, 5.74) is 4.37. The minimum Gasteiger partial charge on any atom is -0.322 e. The summed E-state index contributed by atoms with van der Waals surface area (Å²) in [4.78, 5) is 29.9. The van der Waals surface area contributed by atoms with Crippen molar-refractivity contribution in [2.45, 2.75) is 32.9 Å². The van der Waals surface area contributed by atoms with E-state index in [1.165, 1.54) is 20.9 Å². The Kier molecular flexibility index (Phi) is 5.29. The number of imide groups is 1. The van der Waals surface area contributed by atoms with E-state index in [-0.39, 0.29) is 17.9 Å². The fourth-order valence-electron chi connectivity index (χ4n) is 4.58. The maximum absolute atomic E-state index is 13.1. The van der Waals surface area contributed by atoms with E-state index >= 15 is 0 Å². The maximum atomic E-state index is 13.1. The zero-order chi connectivity index (χ0) is 19.7. The van der Waals surface area contributed by atoms with Crippen molar-refractivity contribution < 1.29 is 19.4 Å². The summed E-state index contributed by atoms with van der Waals surface area (Å²) in [5.74, 6) is -0.0947. The first kappa shape index (κ1) is 18.8. The molecule has 146 valence electrons. The Morgan fingerprint density at radius 1 is 0.964 bits per heavy atom. The number of amides is 2. The highest BCUT2D eigenvalue weighted by atomic mass is 16.2. The van der Waals surface area contributed by atoms with E-state index in [1.54, 1.807) is 4.90 Å². The van der Waals surface area contributed by atoms with E-state index in [2.05, 4.69) is 31.2 Å². The van der Waals surface area contributed by atoms with E-state index in [1.807, 2.05) is 31.2 Å². The highest BCUT2D eigenvalue weighted by Gasteiger charge is 2.47. The van der Waals surface area contributed by atoms with Gasteiger partial charge in [0.15, 0.2) is 6.04 Å². The van der Waals surface area contributed by atoms with Crippen molar-refractivity contribution in [1.82, 2.24) is 0 Å². The van der Waals surface area contributed by atoms with Crippen LogP contribution in [0.3, 0.4) is 0 Å². The Hall–Kier alpha value is -2.50. The molecule has 2 aromatic carbocycles. The molecular formula is C23H29N3O2+2. The van der Waals surface area contributed by atoms with Gasteiger partial charge in [-0.25, -0.2) is 4.90 Å². The topological polar surface area (TPSA) is 46.3 Å². The van der Waals surface area contributed by atoms with Crippen molar-refractivity contribution in [2.75, 3.05) is 31.1 Å². The Morgan fingerprint density at radius 3 is 2.43 bits per heavy atom. The molecule has 2 aromatic rings. The molecule has 28 heavy (non-hydrogen) atoms. The van der Waals surface area contributed by atoms with Crippen LogP contribution in [0.2, 0.25) is 0 Å². The van der Waals surface area contributed by atoms with Gasteiger partial charge in [0.05, 0.1) is 12.1 Å². The quantitative estimate of drug-likeness (QED) is 0.730. The smallest absolute Gasteiger partial charge is 0.292 e. The number of para-hydroxylation sites is 1. The van der Waals surface area contributed by atoms with Gasteiger partial charge >= 0.3 is 0 Å². The van der Waals surface area contributed by atoms with Gasteiger partial charge in [-0.3, -0.25) is 9.59 Å². The molecule has 0 radical (unpaired) electrons. The van der Waals surface area contributed by atoms with Gasteiger partial charge in [0, 0.05) is 5.56 Å². The first-order valence-corrected chi connectivity index (χ1v) is 10.2. The molecule has 2 saturated heterocycles. The fourth-order valence-corrected chi connectivity index (χ4v) is 4.58. The molecule has 1 atom stereocenters. The summed E-state index contributed by atoms with van der Waals surface area (Å²) >= 11 is 0. The molecule has 2 heterocycles. The standard InChI is InChI=1S/C23H27N3O2/c1-17-6-5-8-19(14-17)16-24-10-12-25(13-11-24)21-15-22(27)26(23(21)28)20-9-4-3-7-18(20)2/h3-9,14,21H,10-13,15-16H2,1-2H3/p+2/t21-/m1/s1. The van der Waals surface area contributed by atoms with Crippen LogP contribution in [0.5, 0.6) is 0 Å². The number of piperazine rings is 1. The molecule has 0 bridgehead atoms. The second-order valence-electron chi connectivity index (χ2n) is 8.18. The second-order valence-corrected chi connectivity index (χ2v) is 8.18. The molecule has 5 nitrogen and oxygen atoms in total. The normalized spacial score (nSPS) is 25.4. The molecular weight excluding hydrogens is 350 g/mol. The fraction of sp³-hybridized carbons (Fsp3) is 0.391. The highest BCUT2D eigenvalue weighted by molar-refractivity contribution is 6.22. The molecule has 2 N–H and O–H groups in total. The van der Waals surface area contributed by atoms with E-state index in [0.29, 0.717) is 6.42 Å². The number of nitrogens with one attached hydrogen (secondary N) is 2. The molecule has 5 heteroatoms. The summed E-state index contributed by atoms with van der Waals surface area (Å²) < 4.78 is 0. The summed E-state index contributed by atoms with van der Waals surface area (Å²) in [6.07, 6.45) is 0.329. The van der Waals surface area contributed by atoms with Crippen LogP contribution in [-0.2, 0) is 16.1 Å². The number of aryl methyl sites for hydroxylation is 2. The van der Waals surface area contributed by atoms with Gasteiger partial charge < -0.3 is 9.80 Å². The van der Waals surface area contributed by atoms with Gasteiger partial charge in [0.1, 0.15) is 32.7 Å². The first-order chi connectivity index (χ1) is 13.5. The molecule has 2 fully saturated rings. The lowest BCUT2D eigenvalue weighted by atomic mass is 10.1. The van der Waals surface area contributed by atoms with Crippen LogP contribution in [0.1, 0.15) is 23.1 Å². The number of quaternary nitrogens is 2. The molecule has 2 aliphatic rings. The molecule has 2 amide bonds. The maximum Gasteiger partial charge on any atom is 0.292 e. The zero-order valence-electron chi connectivity index (χ0n) is 16.7. The third kappa shape index (κ3) is 3.73. The van der Waals surface area contributed by atoms with E-state index in [4.69, 9.17) is 0 Å². The van der Waals surface area contributed by atoms with E-state index in [0.717, 1.165) is 44.0 Å². The lowest BCUT2D eigenvalue weighted by Gasteiger charge is -2.32. The first-order valence-electron chi connectivity index (χ1n) is 10.2. The lowest BCUT2D eigenvalue weighted by Crippen LogP contribution is -3.29. The molecule has 4 rings (SSSR count). The van der Waals surface area contributed by atoms with Crippen molar-refractivity contribution in [1.29, 1.82) is 0 Å². The largest absolute Gasteiger partial charge is 0.322 e. The number of rotatable bonds is 4. The Bertz CT molecular complexity index is 887. The number of carbonyl (C=O) groups is 2. The van der Waals surface area contributed by atoms with Gasteiger partial charge in [-0.1, -0.05) is 48.0 Å². The van der Waals surface area contributed by atoms with Gasteiger partial charge in [-0.05, 0) is 25.5 Å².